The first kappa shape index (κ1) is 24.5. The van der Waals surface area contributed by atoms with E-state index < -0.39 is 18.8 Å². The van der Waals surface area contributed by atoms with Crippen molar-refractivity contribution >= 4 is 30.7 Å². The minimum absolute atomic E-state index is 0.157. The number of nitrogens with one attached hydrogen (secondary N) is 1. The van der Waals surface area contributed by atoms with Gasteiger partial charge in [0.15, 0.2) is 0 Å². The number of unbranched alkanes of at least 4 members (excludes halogenated alkanes) is 3. The number of hydrogen-bond acceptors (Lipinski definition) is 3. The topological polar surface area (TPSA) is 55.4 Å². The Bertz CT molecular complexity index is 437. The average Bonchev–Trinajstić information content (AvgIpc) is 2.68. The van der Waals surface area contributed by atoms with Gasteiger partial charge in [0.1, 0.15) is 0 Å². The van der Waals surface area contributed by atoms with E-state index in [1.807, 2.05) is 0 Å². The Morgan fingerprint density at radius 3 is 1.89 bits per heavy atom. The number of carbonyl (C=O) groups excluding carboxylic acids is 2. The third-order valence-corrected chi connectivity index (χ3v) is 18.2. The van der Waals surface area contributed by atoms with Gasteiger partial charge in [-0.3, -0.25) is 0 Å². The number of hydrogen-bond donors (Lipinski definition) is 1. The molecule has 156 valence electrons. The van der Waals surface area contributed by atoms with Gasteiger partial charge in [-0.15, -0.1) is 0 Å². The Kier molecular flexibility index (Phi) is 13.1. The number of amides is 1. The number of rotatable bonds is 13. The molecule has 1 aliphatic carbocycles. The third kappa shape index (κ3) is 10.6. The summed E-state index contributed by atoms with van der Waals surface area (Å²) in [4.78, 5) is 24.6. The molecule has 1 fully saturated rings. The standard InChI is InChI=1S/C10H15NO3.3C4H9.Sn/c12-9(6-7-10(13)14)11-8-4-2-1-3-5-8;3*1-3-4-2;/h6-8H,1-5H2,(H,11,12)(H,13,14);3*1,3-4H2,2H3;/q;;;;+1/p-1/b7-6-;;;;. The molecule has 5 heteroatoms. The molecular weight excluding hydrogens is 445 g/mol. The molecule has 0 heterocycles. The number of carbonyl (C=O) groups is 2. The molecule has 1 N–H and O–H groups in total. The first-order chi connectivity index (χ1) is 13.0. The van der Waals surface area contributed by atoms with Gasteiger partial charge >= 0.3 is 172 Å². The molecule has 0 spiro atoms. The van der Waals surface area contributed by atoms with Crippen LogP contribution >= 0.6 is 0 Å². The van der Waals surface area contributed by atoms with Crippen LogP contribution < -0.4 is 5.32 Å². The second-order valence-corrected chi connectivity index (χ2v) is 19.7. The maximum atomic E-state index is 12.5. The molecule has 0 saturated heterocycles. The van der Waals surface area contributed by atoms with Crippen molar-refractivity contribution in [1.29, 1.82) is 0 Å². The van der Waals surface area contributed by atoms with Crippen LogP contribution in [0.5, 0.6) is 0 Å². The Labute approximate surface area is 171 Å². The first-order valence-electron chi connectivity index (χ1n) is 11.3. The summed E-state index contributed by atoms with van der Waals surface area (Å²) in [5.41, 5.74) is 0. The summed E-state index contributed by atoms with van der Waals surface area (Å²) in [6, 6.07) is 0.267. The molecular formula is C22H41NO3Sn. The van der Waals surface area contributed by atoms with Crippen LogP contribution in [0.2, 0.25) is 13.3 Å². The molecule has 4 nitrogen and oxygen atoms in total. The van der Waals surface area contributed by atoms with E-state index >= 15 is 0 Å². The van der Waals surface area contributed by atoms with Gasteiger partial charge in [-0.25, -0.2) is 0 Å². The zero-order chi connectivity index (χ0) is 20.0. The molecule has 0 aromatic carbocycles. The molecule has 0 aromatic rings. The molecule has 0 unspecified atom stereocenters. The van der Waals surface area contributed by atoms with Crippen molar-refractivity contribution in [2.75, 3.05) is 0 Å². The Morgan fingerprint density at radius 1 is 0.889 bits per heavy atom. The van der Waals surface area contributed by atoms with E-state index in [0.29, 0.717) is 0 Å². The molecule has 1 aliphatic rings. The van der Waals surface area contributed by atoms with Gasteiger partial charge in [-0.1, -0.05) is 0 Å². The normalized spacial score (nSPS) is 15.8. The van der Waals surface area contributed by atoms with Crippen LogP contribution in [0.15, 0.2) is 12.2 Å². The predicted octanol–water partition coefficient (Wildman–Crippen LogP) is 5.88. The fraction of sp³-hybridized carbons (Fsp3) is 0.818. The summed E-state index contributed by atoms with van der Waals surface area (Å²) in [5, 5.41) is 3.02. The fourth-order valence-electron chi connectivity index (χ4n) is 3.91. The second-order valence-electron chi connectivity index (χ2n) is 8.09. The summed E-state index contributed by atoms with van der Waals surface area (Å²) < 4.78 is 9.56. The van der Waals surface area contributed by atoms with Crippen molar-refractivity contribution in [3.05, 3.63) is 12.2 Å². The predicted molar refractivity (Wildman–Crippen MR) is 115 cm³/mol. The third-order valence-electron chi connectivity index (χ3n) is 5.60. The molecule has 0 aliphatic heterocycles. The van der Waals surface area contributed by atoms with Crippen molar-refractivity contribution in [1.82, 2.24) is 5.32 Å². The summed E-state index contributed by atoms with van der Waals surface area (Å²) >= 11 is -2.94. The Balaban J connectivity index is 2.64. The SMILES string of the molecule is CCC[CH2][Sn]([CH2]CCC)([CH2]CCC)[O]C(=O)/C=C\C(=O)NC1CCCCC1. The molecule has 0 atom stereocenters. The van der Waals surface area contributed by atoms with Crippen molar-refractivity contribution in [3.8, 4) is 0 Å². The van der Waals surface area contributed by atoms with E-state index in [1.54, 1.807) is 0 Å². The van der Waals surface area contributed by atoms with Crippen molar-refractivity contribution < 1.29 is 12.7 Å². The van der Waals surface area contributed by atoms with Crippen LogP contribution in [0.3, 0.4) is 0 Å². The summed E-state index contributed by atoms with van der Waals surface area (Å²) in [7, 11) is 0. The van der Waals surface area contributed by atoms with Gasteiger partial charge in [0.2, 0.25) is 0 Å². The second kappa shape index (κ2) is 14.5. The zero-order valence-corrected chi connectivity index (χ0v) is 20.7. The van der Waals surface area contributed by atoms with Crippen LogP contribution in [-0.2, 0) is 12.7 Å². The summed E-state index contributed by atoms with van der Waals surface area (Å²) in [5.74, 6) is -0.441. The zero-order valence-electron chi connectivity index (χ0n) is 17.9. The molecule has 1 amide bonds. The summed E-state index contributed by atoms with van der Waals surface area (Å²) in [6.45, 7) is 6.61. The summed E-state index contributed by atoms with van der Waals surface area (Å²) in [6.07, 6.45) is 15.4. The van der Waals surface area contributed by atoms with Crippen LogP contribution in [-0.4, -0.2) is 36.7 Å². The van der Waals surface area contributed by atoms with Crippen molar-refractivity contribution in [3.63, 3.8) is 0 Å². The van der Waals surface area contributed by atoms with Crippen LogP contribution in [0.25, 0.3) is 0 Å². The van der Waals surface area contributed by atoms with Gasteiger partial charge in [0, 0.05) is 0 Å². The monoisotopic (exact) mass is 487 g/mol. The van der Waals surface area contributed by atoms with Crippen molar-refractivity contribution in [2.24, 2.45) is 0 Å². The molecule has 0 bridgehead atoms. The Morgan fingerprint density at radius 2 is 1.41 bits per heavy atom. The Hall–Kier alpha value is -0.521. The fourth-order valence-corrected chi connectivity index (χ4v) is 16.9. The van der Waals surface area contributed by atoms with E-state index in [1.165, 1.54) is 31.4 Å². The van der Waals surface area contributed by atoms with Gasteiger partial charge in [0.25, 0.3) is 0 Å². The maximum absolute atomic E-state index is 12.5. The van der Waals surface area contributed by atoms with E-state index in [0.717, 1.165) is 64.7 Å². The van der Waals surface area contributed by atoms with E-state index in [9.17, 15) is 9.59 Å². The molecule has 0 radical (unpaired) electrons. The van der Waals surface area contributed by atoms with Gasteiger partial charge in [-0.2, -0.15) is 0 Å². The molecule has 1 saturated carbocycles. The molecule has 27 heavy (non-hydrogen) atoms. The van der Waals surface area contributed by atoms with Crippen LogP contribution in [0.4, 0.5) is 0 Å². The average molecular weight is 486 g/mol. The first-order valence-corrected chi connectivity index (χ1v) is 18.5. The van der Waals surface area contributed by atoms with Crippen LogP contribution in [0.1, 0.15) is 91.4 Å². The van der Waals surface area contributed by atoms with Gasteiger partial charge < -0.3 is 0 Å². The van der Waals surface area contributed by atoms with E-state index in [4.69, 9.17) is 3.07 Å². The van der Waals surface area contributed by atoms with Crippen LogP contribution in [0, 0.1) is 0 Å². The quantitative estimate of drug-likeness (QED) is 0.261. The van der Waals surface area contributed by atoms with Gasteiger partial charge in [0.05, 0.1) is 0 Å². The minimum atomic E-state index is -2.94. The van der Waals surface area contributed by atoms with E-state index in [2.05, 4.69) is 26.1 Å². The molecule has 1 rings (SSSR count). The van der Waals surface area contributed by atoms with E-state index in [-0.39, 0.29) is 17.9 Å². The van der Waals surface area contributed by atoms with Crippen molar-refractivity contribution in [2.45, 2.75) is 111 Å². The molecule has 0 aromatic heterocycles. The van der Waals surface area contributed by atoms with Gasteiger partial charge in [-0.05, 0) is 0 Å².